The number of rotatable bonds is 2. The van der Waals surface area contributed by atoms with Crippen LogP contribution in [0.2, 0.25) is 0 Å². The van der Waals surface area contributed by atoms with E-state index in [0.29, 0.717) is 11.6 Å². The highest BCUT2D eigenvalue weighted by atomic mass is 16.6. The van der Waals surface area contributed by atoms with Gasteiger partial charge in [0.05, 0.1) is 11.1 Å². The molecule has 1 unspecified atom stereocenters. The number of ether oxygens (including phenoxy) is 1. The minimum atomic E-state index is -0.504. The van der Waals surface area contributed by atoms with Crippen molar-refractivity contribution in [3.05, 3.63) is 36.0 Å². The van der Waals surface area contributed by atoms with Gasteiger partial charge in [-0.3, -0.25) is 4.98 Å². The Morgan fingerprint density at radius 2 is 2.09 bits per heavy atom. The van der Waals surface area contributed by atoms with Crippen molar-refractivity contribution in [2.45, 2.75) is 45.8 Å². The van der Waals surface area contributed by atoms with Crippen molar-refractivity contribution < 1.29 is 9.53 Å². The van der Waals surface area contributed by atoms with Crippen LogP contribution >= 0.6 is 0 Å². The fourth-order valence-corrected chi connectivity index (χ4v) is 2.72. The summed E-state index contributed by atoms with van der Waals surface area (Å²) in [5.74, 6) is -0.297. The standard InChI is InChI=1S/C18H22N2O2/c1-12-8-10-20(12)13-5-6-16-15(11-13)14(7-9-19-16)17(21)22-18(2,3)4/h5-7,9,11-12H,8,10H2,1-4H3. The Bertz CT molecular complexity index is 719. The van der Waals surface area contributed by atoms with E-state index in [9.17, 15) is 4.79 Å². The number of carbonyl (C=O) groups is 1. The van der Waals surface area contributed by atoms with Crippen LogP contribution in [0.25, 0.3) is 10.9 Å². The van der Waals surface area contributed by atoms with Crippen molar-refractivity contribution in [1.29, 1.82) is 0 Å². The number of carbonyl (C=O) groups excluding carboxylic acids is 1. The van der Waals surface area contributed by atoms with Gasteiger partial charge >= 0.3 is 5.97 Å². The van der Waals surface area contributed by atoms with E-state index < -0.39 is 5.60 Å². The van der Waals surface area contributed by atoms with Crippen molar-refractivity contribution in [1.82, 2.24) is 4.98 Å². The first-order valence-electron chi connectivity index (χ1n) is 7.74. The van der Waals surface area contributed by atoms with Crippen molar-refractivity contribution in [3.8, 4) is 0 Å². The molecule has 1 saturated heterocycles. The second-order valence-electron chi connectivity index (χ2n) is 6.89. The van der Waals surface area contributed by atoms with Gasteiger partial charge in [0.25, 0.3) is 0 Å². The predicted molar refractivity (Wildman–Crippen MR) is 88.3 cm³/mol. The van der Waals surface area contributed by atoms with E-state index in [1.165, 1.54) is 6.42 Å². The molecule has 0 radical (unpaired) electrons. The average molecular weight is 298 g/mol. The molecule has 2 heterocycles. The Kier molecular flexibility index (Phi) is 3.55. The smallest absolute Gasteiger partial charge is 0.339 e. The summed E-state index contributed by atoms with van der Waals surface area (Å²) < 4.78 is 5.51. The van der Waals surface area contributed by atoms with Crippen molar-refractivity contribution >= 4 is 22.6 Å². The predicted octanol–water partition coefficient (Wildman–Crippen LogP) is 3.79. The Morgan fingerprint density at radius 1 is 1.32 bits per heavy atom. The first-order chi connectivity index (χ1) is 10.3. The number of anilines is 1. The van der Waals surface area contributed by atoms with E-state index >= 15 is 0 Å². The molecule has 0 amide bonds. The summed E-state index contributed by atoms with van der Waals surface area (Å²) in [5.41, 5.74) is 2.04. The number of hydrogen-bond donors (Lipinski definition) is 0. The summed E-state index contributed by atoms with van der Waals surface area (Å²) >= 11 is 0. The summed E-state index contributed by atoms with van der Waals surface area (Å²) in [4.78, 5) is 19.1. The van der Waals surface area contributed by atoms with Gasteiger partial charge in [-0.15, -0.1) is 0 Å². The van der Waals surface area contributed by atoms with Gasteiger partial charge < -0.3 is 9.64 Å². The Balaban J connectivity index is 2.02. The zero-order chi connectivity index (χ0) is 15.9. The Morgan fingerprint density at radius 3 is 2.68 bits per heavy atom. The van der Waals surface area contributed by atoms with Gasteiger partial charge in [0, 0.05) is 29.9 Å². The third-order valence-corrected chi connectivity index (χ3v) is 4.00. The molecule has 1 aliphatic rings. The second-order valence-corrected chi connectivity index (χ2v) is 6.89. The average Bonchev–Trinajstić information content (AvgIpc) is 2.43. The van der Waals surface area contributed by atoms with Gasteiger partial charge in [-0.1, -0.05) is 0 Å². The fourth-order valence-electron chi connectivity index (χ4n) is 2.72. The third-order valence-electron chi connectivity index (χ3n) is 4.00. The molecule has 0 N–H and O–H groups in total. The SMILES string of the molecule is CC1CCN1c1ccc2nccc(C(=O)OC(C)(C)C)c2c1. The molecular formula is C18H22N2O2. The molecule has 1 aliphatic heterocycles. The van der Waals surface area contributed by atoms with Gasteiger partial charge in [-0.05, 0) is 58.4 Å². The summed E-state index contributed by atoms with van der Waals surface area (Å²) in [6.45, 7) is 8.91. The lowest BCUT2D eigenvalue weighted by Crippen LogP contribution is -2.45. The van der Waals surface area contributed by atoms with Crippen LogP contribution in [0.15, 0.2) is 30.5 Å². The number of pyridine rings is 1. The second kappa shape index (κ2) is 5.27. The van der Waals surface area contributed by atoms with Crippen molar-refractivity contribution in [2.24, 2.45) is 0 Å². The summed E-state index contributed by atoms with van der Waals surface area (Å²) in [5, 5.41) is 0.855. The lowest BCUT2D eigenvalue weighted by molar-refractivity contribution is 0.00718. The minimum absolute atomic E-state index is 0.297. The van der Waals surface area contributed by atoms with Crippen LogP contribution in [0.5, 0.6) is 0 Å². The number of aromatic nitrogens is 1. The number of hydrogen-bond acceptors (Lipinski definition) is 4. The van der Waals surface area contributed by atoms with E-state index in [-0.39, 0.29) is 5.97 Å². The van der Waals surface area contributed by atoms with E-state index in [1.807, 2.05) is 26.8 Å². The molecule has 116 valence electrons. The molecule has 1 aromatic heterocycles. The Hall–Kier alpha value is -2.10. The highest BCUT2D eigenvalue weighted by Gasteiger charge is 2.25. The number of fused-ring (bicyclic) bond motifs is 1. The molecule has 0 aliphatic carbocycles. The van der Waals surface area contributed by atoms with Gasteiger partial charge in [0.15, 0.2) is 0 Å². The van der Waals surface area contributed by atoms with E-state index in [2.05, 4.69) is 28.9 Å². The number of benzene rings is 1. The van der Waals surface area contributed by atoms with Crippen LogP contribution in [-0.4, -0.2) is 29.1 Å². The molecule has 0 saturated carbocycles. The van der Waals surface area contributed by atoms with Crippen LogP contribution in [0.4, 0.5) is 5.69 Å². The molecule has 0 bridgehead atoms. The van der Waals surface area contributed by atoms with E-state index in [1.54, 1.807) is 12.3 Å². The first kappa shape index (κ1) is 14.8. The van der Waals surface area contributed by atoms with Crippen molar-refractivity contribution in [2.75, 3.05) is 11.4 Å². The largest absolute Gasteiger partial charge is 0.456 e. The topological polar surface area (TPSA) is 42.4 Å². The lowest BCUT2D eigenvalue weighted by atomic mass is 10.0. The van der Waals surface area contributed by atoms with Gasteiger partial charge in [-0.25, -0.2) is 4.79 Å². The van der Waals surface area contributed by atoms with E-state index in [0.717, 1.165) is 23.1 Å². The molecule has 3 rings (SSSR count). The molecule has 22 heavy (non-hydrogen) atoms. The highest BCUT2D eigenvalue weighted by Crippen LogP contribution is 2.30. The maximum Gasteiger partial charge on any atom is 0.339 e. The number of esters is 1. The molecule has 1 fully saturated rings. The van der Waals surface area contributed by atoms with Crippen LogP contribution in [-0.2, 0) is 4.74 Å². The molecule has 2 aromatic rings. The zero-order valence-electron chi connectivity index (χ0n) is 13.6. The van der Waals surface area contributed by atoms with E-state index in [4.69, 9.17) is 4.74 Å². The maximum absolute atomic E-state index is 12.4. The molecular weight excluding hydrogens is 276 g/mol. The highest BCUT2D eigenvalue weighted by molar-refractivity contribution is 6.04. The number of nitrogens with zero attached hydrogens (tertiary/aromatic N) is 2. The maximum atomic E-state index is 12.4. The van der Waals surface area contributed by atoms with Gasteiger partial charge in [0.2, 0.25) is 0 Å². The first-order valence-corrected chi connectivity index (χ1v) is 7.74. The molecule has 0 spiro atoms. The molecule has 4 heteroatoms. The fraction of sp³-hybridized carbons (Fsp3) is 0.444. The molecule has 1 atom stereocenters. The van der Waals surface area contributed by atoms with Crippen LogP contribution in [0.1, 0.15) is 44.5 Å². The third kappa shape index (κ3) is 2.78. The Labute approximate surface area is 131 Å². The van der Waals surface area contributed by atoms with Crippen LogP contribution < -0.4 is 4.90 Å². The zero-order valence-corrected chi connectivity index (χ0v) is 13.6. The van der Waals surface area contributed by atoms with Crippen molar-refractivity contribution in [3.63, 3.8) is 0 Å². The summed E-state index contributed by atoms with van der Waals surface area (Å²) in [7, 11) is 0. The molecule has 1 aromatic carbocycles. The summed E-state index contributed by atoms with van der Waals surface area (Å²) in [6.07, 6.45) is 2.87. The van der Waals surface area contributed by atoms with Crippen LogP contribution in [0, 0.1) is 0 Å². The monoisotopic (exact) mass is 298 g/mol. The molecule has 4 nitrogen and oxygen atoms in total. The quantitative estimate of drug-likeness (QED) is 0.791. The lowest BCUT2D eigenvalue weighted by Gasteiger charge is -2.41. The summed E-state index contributed by atoms with van der Waals surface area (Å²) in [6, 6.07) is 8.39. The minimum Gasteiger partial charge on any atom is -0.456 e. The van der Waals surface area contributed by atoms with Gasteiger partial charge in [0.1, 0.15) is 5.60 Å². The normalized spacial score (nSPS) is 18.2. The van der Waals surface area contributed by atoms with Crippen LogP contribution in [0.3, 0.4) is 0 Å². The van der Waals surface area contributed by atoms with Gasteiger partial charge in [-0.2, -0.15) is 0 Å².